The maximum absolute atomic E-state index is 3.68. The third-order valence-corrected chi connectivity index (χ3v) is 3.91. The Bertz CT molecular complexity index is 165. The van der Waals surface area contributed by atoms with Crippen LogP contribution < -0.4 is 5.32 Å². The van der Waals surface area contributed by atoms with Crippen molar-refractivity contribution in [3.63, 3.8) is 0 Å². The number of rotatable bonds is 5. The van der Waals surface area contributed by atoms with E-state index in [-0.39, 0.29) is 0 Å². The molecule has 15 heavy (non-hydrogen) atoms. The molecule has 90 valence electrons. The first kappa shape index (κ1) is 13.0. The molecule has 0 radical (unpaired) electrons. The molecule has 1 nitrogen and oxygen atoms in total. The summed E-state index contributed by atoms with van der Waals surface area (Å²) in [6.45, 7) is 10.4. The largest absolute Gasteiger partial charge is 0.314 e. The van der Waals surface area contributed by atoms with Crippen molar-refractivity contribution in [2.75, 3.05) is 6.54 Å². The number of hydrogen-bond donors (Lipinski definition) is 1. The molecule has 1 N–H and O–H groups in total. The Hall–Kier alpha value is -0.0400. The maximum Gasteiger partial charge on any atom is 0.00955 e. The van der Waals surface area contributed by atoms with Crippen LogP contribution in [-0.4, -0.2) is 12.6 Å². The van der Waals surface area contributed by atoms with E-state index in [0.29, 0.717) is 0 Å². The molecule has 1 fully saturated rings. The predicted molar refractivity (Wildman–Crippen MR) is 68.0 cm³/mol. The van der Waals surface area contributed by atoms with E-state index in [0.717, 1.165) is 30.3 Å². The lowest BCUT2D eigenvalue weighted by molar-refractivity contribution is 0.177. The molecule has 0 amide bonds. The third-order valence-electron chi connectivity index (χ3n) is 3.91. The summed E-state index contributed by atoms with van der Waals surface area (Å²) in [5.41, 5.74) is 0. The molecule has 3 atom stereocenters. The molecule has 1 saturated carbocycles. The smallest absolute Gasteiger partial charge is 0.00955 e. The van der Waals surface area contributed by atoms with Crippen molar-refractivity contribution >= 4 is 0 Å². The standard InChI is InChI=1S/C14H29N/c1-5-12-7-8-14(15-6-2)13(10-12)9-11(3)4/h11-15H,5-10H2,1-4H3. The normalized spacial score (nSPS) is 32.2. The first-order valence-electron chi connectivity index (χ1n) is 6.90. The molecule has 0 spiro atoms. The van der Waals surface area contributed by atoms with E-state index >= 15 is 0 Å². The second kappa shape index (κ2) is 6.52. The molecule has 1 heteroatoms. The van der Waals surface area contributed by atoms with Crippen LogP contribution in [0.15, 0.2) is 0 Å². The highest BCUT2D eigenvalue weighted by atomic mass is 14.9. The van der Waals surface area contributed by atoms with Crippen LogP contribution in [0.1, 0.15) is 59.8 Å². The summed E-state index contributed by atoms with van der Waals surface area (Å²) >= 11 is 0. The monoisotopic (exact) mass is 211 g/mol. The highest BCUT2D eigenvalue weighted by Crippen LogP contribution is 2.34. The van der Waals surface area contributed by atoms with Gasteiger partial charge in [0.15, 0.2) is 0 Å². The van der Waals surface area contributed by atoms with Crippen molar-refractivity contribution in [3.05, 3.63) is 0 Å². The SMILES string of the molecule is CCNC1CCC(CC)CC1CC(C)C. The predicted octanol–water partition coefficient (Wildman–Crippen LogP) is 3.84. The molecule has 1 rings (SSSR count). The fourth-order valence-electron chi connectivity index (χ4n) is 3.13. The van der Waals surface area contributed by atoms with Gasteiger partial charge in [-0.1, -0.05) is 34.1 Å². The molecule has 0 aromatic carbocycles. The van der Waals surface area contributed by atoms with E-state index < -0.39 is 0 Å². The van der Waals surface area contributed by atoms with Crippen LogP contribution in [0.4, 0.5) is 0 Å². The van der Waals surface area contributed by atoms with E-state index in [1.807, 2.05) is 0 Å². The lowest BCUT2D eigenvalue weighted by Crippen LogP contribution is -2.41. The molecule has 1 aliphatic rings. The van der Waals surface area contributed by atoms with Gasteiger partial charge in [-0.3, -0.25) is 0 Å². The van der Waals surface area contributed by atoms with Crippen molar-refractivity contribution < 1.29 is 0 Å². The van der Waals surface area contributed by atoms with Gasteiger partial charge in [0.2, 0.25) is 0 Å². The summed E-state index contributed by atoms with van der Waals surface area (Å²) in [4.78, 5) is 0. The summed E-state index contributed by atoms with van der Waals surface area (Å²) < 4.78 is 0. The molecular weight excluding hydrogens is 182 g/mol. The van der Waals surface area contributed by atoms with Crippen molar-refractivity contribution in [2.45, 2.75) is 65.8 Å². The summed E-state index contributed by atoms with van der Waals surface area (Å²) in [5.74, 6) is 2.79. The fraction of sp³-hybridized carbons (Fsp3) is 1.00. The summed E-state index contributed by atoms with van der Waals surface area (Å²) in [7, 11) is 0. The van der Waals surface area contributed by atoms with Gasteiger partial charge in [-0.25, -0.2) is 0 Å². The first-order valence-corrected chi connectivity index (χ1v) is 6.90. The quantitative estimate of drug-likeness (QED) is 0.728. The van der Waals surface area contributed by atoms with Gasteiger partial charge in [0.1, 0.15) is 0 Å². The summed E-state index contributed by atoms with van der Waals surface area (Å²) in [5, 5.41) is 3.68. The molecule has 0 bridgehead atoms. The van der Waals surface area contributed by atoms with Crippen LogP contribution in [0.25, 0.3) is 0 Å². The Balaban J connectivity index is 2.48. The van der Waals surface area contributed by atoms with Crippen LogP contribution in [0.2, 0.25) is 0 Å². The third kappa shape index (κ3) is 4.14. The van der Waals surface area contributed by atoms with Gasteiger partial charge >= 0.3 is 0 Å². The van der Waals surface area contributed by atoms with Gasteiger partial charge in [-0.05, 0) is 50.0 Å². The van der Waals surface area contributed by atoms with Crippen LogP contribution in [0.5, 0.6) is 0 Å². The Kier molecular flexibility index (Phi) is 5.66. The van der Waals surface area contributed by atoms with E-state index in [1.54, 1.807) is 0 Å². The molecule has 0 heterocycles. The highest BCUT2D eigenvalue weighted by Gasteiger charge is 2.29. The molecule has 0 aromatic rings. The van der Waals surface area contributed by atoms with Gasteiger partial charge in [-0.2, -0.15) is 0 Å². The Morgan fingerprint density at radius 1 is 1.20 bits per heavy atom. The second-order valence-corrected chi connectivity index (χ2v) is 5.64. The lowest BCUT2D eigenvalue weighted by atomic mass is 9.74. The minimum atomic E-state index is 0.806. The Morgan fingerprint density at radius 2 is 1.93 bits per heavy atom. The topological polar surface area (TPSA) is 12.0 Å². The van der Waals surface area contributed by atoms with Crippen LogP contribution in [-0.2, 0) is 0 Å². The van der Waals surface area contributed by atoms with Gasteiger partial charge in [0, 0.05) is 6.04 Å². The Morgan fingerprint density at radius 3 is 2.47 bits per heavy atom. The second-order valence-electron chi connectivity index (χ2n) is 5.64. The summed E-state index contributed by atoms with van der Waals surface area (Å²) in [6, 6.07) is 0.806. The van der Waals surface area contributed by atoms with Gasteiger partial charge in [-0.15, -0.1) is 0 Å². The summed E-state index contributed by atoms with van der Waals surface area (Å²) in [6.07, 6.45) is 7.11. The molecular formula is C14H29N. The minimum absolute atomic E-state index is 0.806. The van der Waals surface area contributed by atoms with E-state index in [9.17, 15) is 0 Å². The van der Waals surface area contributed by atoms with Crippen LogP contribution >= 0.6 is 0 Å². The van der Waals surface area contributed by atoms with Crippen molar-refractivity contribution in [3.8, 4) is 0 Å². The van der Waals surface area contributed by atoms with E-state index in [1.165, 1.54) is 32.1 Å². The zero-order valence-electron chi connectivity index (χ0n) is 11.1. The highest BCUT2D eigenvalue weighted by molar-refractivity contribution is 4.84. The Labute approximate surface area is 96.0 Å². The number of nitrogens with one attached hydrogen (secondary N) is 1. The van der Waals surface area contributed by atoms with E-state index in [4.69, 9.17) is 0 Å². The van der Waals surface area contributed by atoms with Crippen molar-refractivity contribution in [1.82, 2.24) is 5.32 Å². The number of hydrogen-bond acceptors (Lipinski definition) is 1. The maximum atomic E-state index is 3.68. The van der Waals surface area contributed by atoms with Gasteiger partial charge < -0.3 is 5.32 Å². The fourth-order valence-corrected chi connectivity index (χ4v) is 3.13. The van der Waals surface area contributed by atoms with Crippen LogP contribution in [0, 0.1) is 17.8 Å². The van der Waals surface area contributed by atoms with Gasteiger partial charge in [0.05, 0.1) is 0 Å². The molecule has 1 aliphatic carbocycles. The van der Waals surface area contributed by atoms with Crippen LogP contribution in [0.3, 0.4) is 0 Å². The average molecular weight is 211 g/mol. The van der Waals surface area contributed by atoms with E-state index in [2.05, 4.69) is 33.0 Å². The molecule has 0 aliphatic heterocycles. The zero-order chi connectivity index (χ0) is 11.3. The van der Waals surface area contributed by atoms with Crippen molar-refractivity contribution in [2.24, 2.45) is 17.8 Å². The lowest BCUT2D eigenvalue weighted by Gasteiger charge is -2.37. The average Bonchev–Trinajstić information content (AvgIpc) is 2.20. The zero-order valence-corrected chi connectivity index (χ0v) is 11.1. The molecule has 0 saturated heterocycles. The molecule has 0 aromatic heterocycles. The van der Waals surface area contributed by atoms with Gasteiger partial charge in [0.25, 0.3) is 0 Å². The minimum Gasteiger partial charge on any atom is -0.314 e. The van der Waals surface area contributed by atoms with Crippen molar-refractivity contribution in [1.29, 1.82) is 0 Å². The first-order chi connectivity index (χ1) is 7.17. The molecule has 3 unspecified atom stereocenters.